The highest BCUT2D eigenvalue weighted by Crippen LogP contribution is 2.43. The topological polar surface area (TPSA) is 12.9 Å². The van der Waals surface area contributed by atoms with Crippen LogP contribution in [0.1, 0.15) is 49.9 Å². The Kier molecular flexibility index (Phi) is 3.57. The summed E-state index contributed by atoms with van der Waals surface area (Å²) in [4.78, 5) is 4.81. The molecule has 0 bridgehead atoms. The maximum atomic E-state index is 9.11. The van der Waals surface area contributed by atoms with Crippen molar-refractivity contribution in [1.82, 2.24) is 4.98 Å². The summed E-state index contributed by atoms with van der Waals surface area (Å²) in [6.45, 7) is 3.48. The first-order chi connectivity index (χ1) is 16.9. The predicted molar refractivity (Wildman–Crippen MR) is 131 cm³/mol. The van der Waals surface area contributed by atoms with Gasteiger partial charge < -0.3 is 0 Å². The molecule has 0 N–H and O–H groups in total. The van der Waals surface area contributed by atoms with E-state index in [1.54, 1.807) is 12.3 Å². The summed E-state index contributed by atoms with van der Waals surface area (Å²) < 4.78 is 42.6. The number of aromatic nitrogens is 1. The molecule has 0 aliphatic heterocycles. The molecule has 4 aromatic rings. The first-order valence-electron chi connectivity index (χ1n) is 13.2. The van der Waals surface area contributed by atoms with Gasteiger partial charge in [-0.3, -0.25) is 4.98 Å². The lowest BCUT2D eigenvalue weighted by Gasteiger charge is -2.21. The van der Waals surface area contributed by atoms with E-state index in [0.717, 1.165) is 38.9 Å². The van der Waals surface area contributed by atoms with Crippen LogP contribution < -0.4 is 0 Å². The van der Waals surface area contributed by atoms with Gasteiger partial charge in [0, 0.05) is 24.2 Å². The van der Waals surface area contributed by atoms with E-state index in [4.69, 9.17) is 11.8 Å². The highest BCUT2D eigenvalue weighted by molar-refractivity contribution is 5.86. The van der Waals surface area contributed by atoms with Crippen molar-refractivity contribution in [3.05, 3.63) is 101 Å². The fraction of sp³-hybridized carbons (Fsp3) is 0.233. The molecule has 1 heteroatoms. The van der Waals surface area contributed by atoms with Crippen LogP contribution in [-0.2, 0) is 12.8 Å². The van der Waals surface area contributed by atoms with Crippen molar-refractivity contribution >= 4 is 0 Å². The van der Waals surface area contributed by atoms with Gasteiger partial charge >= 0.3 is 0 Å². The highest BCUT2D eigenvalue weighted by Gasteiger charge is 2.24. The van der Waals surface area contributed by atoms with Gasteiger partial charge in [-0.25, -0.2) is 0 Å². The van der Waals surface area contributed by atoms with Crippen molar-refractivity contribution < 1.29 is 6.85 Å². The monoisotopic (exact) mass is 408 g/mol. The van der Waals surface area contributed by atoms with Crippen LogP contribution in [0, 0.1) is 12.3 Å². The molecule has 31 heavy (non-hydrogen) atoms. The summed E-state index contributed by atoms with van der Waals surface area (Å²) in [5.74, 6) is 0. The first-order valence-corrected chi connectivity index (χ1v) is 10.7. The van der Waals surface area contributed by atoms with E-state index in [2.05, 4.69) is 0 Å². The van der Waals surface area contributed by atoms with Gasteiger partial charge in [-0.1, -0.05) is 87.5 Å². The molecule has 0 atom stereocenters. The molecule has 0 radical (unpaired) electrons. The van der Waals surface area contributed by atoms with Crippen LogP contribution >= 0.6 is 0 Å². The number of benzene rings is 3. The molecule has 1 aliphatic rings. The predicted octanol–water partition coefficient (Wildman–Crippen LogP) is 7.88. The number of hydrogen-bond donors (Lipinski definition) is 0. The molecule has 1 aliphatic carbocycles. The Balaban J connectivity index is 1.76. The van der Waals surface area contributed by atoms with Crippen LogP contribution in [0.15, 0.2) is 79.0 Å². The normalized spacial score (nSPS) is 15.8. The second kappa shape index (κ2) is 7.50. The van der Waals surface area contributed by atoms with E-state index in [1.165, 1.54) is 0 Å². The third kappa shape index (κ3) is 3.70. The first kappa shape index (κ1) is 14.8. The zero-order valence-corrected chi connectivity index (χ0v) is 18.2. The van der Waals surface area contributed by atoms with Crippen LogP contribution in [0.3, 0.4) is 0 Å². The molecule has 0 spiro atoms. The van der Waals surface area contributed by atoms with E-state index in [0.29, 0.717) is 23.2 Å². The lowest BCUT2D eigenvalue weighted by atomic mass is 9.84. The Morgan fingerprint density at radius 3 is 2.45 bits per heavy atom. The fourth-order valence-corrected chi connectivity index (χ4v) is 4.45. The number of nitrogens with zero attached hydrogens (tertiary/aromatic N) is 1. The largest absolute Gasteiger partial charge is 0.256 e. The third-order valence-electron chi connectivity index (χ3n) is 5.74. The van der Waals surface area contributed by atoms with Crippen LogP contribution in [0.4, 0.5) is 0 Å². The quantitative estimate of drug-likeness (QED) is 0.296. The Morgan fingerprint density at radius 2 is 1.68 bits per heavy atom. The van der Waals surface area contributed by atoms with E-state index in [-0.39, 0.29) is 0 Å². The van der Waals surface area contributed by atoms with Crippen molar-refractivity contribution in [2.24, 2.45) is 5.41 Å². The smallest absolute Gasteiger partial charge is 0.0708 e. The van der Waals surface area contributed by atoms with Gasteiger partial charge in [-0.05, 0) is 70.1 Å². The minimum Gasteiger partial charge on any atom is -0.256 e. The Morgan fingerprint density at radius 1 is 0.903 bits per heavy atom. The summed E-state index contributed by atoms with van der Waals surface area (Å²) >= 11 is 0. The van der Waals surface area contributed by atoms with Crippen molar-refractivity contribution in [3.63, 3.8) is 0 Å². The summed E-state index contributed by atoms with van der Waals surface area (Å²) in [6.07, 6.45) is 0.741. The number of pyridine rings is 1. The molecule has 1 nitrogen and oxygen atoms in total. The van der Waals surface area contributed by atoms with Gasteiger partial charge in [-0.15, -0.1) is 0 Å². The van der Waals surface area contributed by atoms with Crippen molar-refractivity contribution in [2.75, 3.05) is 0 Å². The molecule has 3 aromatic carbocycles. The van der Waals surface area contributed by atoms with Gasteiger partial charge in [0.2, 0.25) is 0 Å². The number of rotatable bonds is 3. The molecule has 0 amide bonds. The molecular weight excluding hydrogens is 374 g/mol. The van der Waals surface area contributed by atoms with Gasteiger partial charge in [0.05, 0.1) is 5.69 Å². The second-order valence-corrected chi connectivity index (χ2v) is 9.20. The zero-order chi connectivity index (χ0) is 25.9. The van der Waals surface area contributed by atoms with E-state index < -0.39 is 18.6 Å². The van der Waals surface area contributed by atoms with Gasteiger partial charge in [0.1, 0.15) is 0 Å². The molecule has 0 unspecified atom stereocenters. The zero-order valence-electron chi connectivity index (χ0n) is 23.2. The maximum Gasteiger partial charge on any atom is 0.0708 e. The Hall–Kier alpha value is -3.19. The van der Waals surface area contributed by atoms with Crippen LogP contribution in [-0.4, -0.2) is 4.98 Å². The van der Waals surface area contributed by atoms with Crippen LogP contribution in [0.5, 0.6) is 0 Å². The average molecular weight is 409 g/mol. The average Bonchev–Trinajstić information content (AvgIpc) is 3.22. The summed E-state index contributed by atoms with van der Waals surface area (Å²) in [7, 11) is 0. The molecule has 1 heterocycles. The SMILES string of the molecule is [2H]C([2H])([2H])c1ccc(-c2cc(C([2H])([2H])C(C)(C)C)c(-c3ccccc3)cn2)c2c1-c1ccccc1C2. The third-order valence-corrected chi connectivity index (χ3v) is 5.74. The molecular formula is C30H29N. The summed E-state index contributed by atoms with van der Waals surface area (Å²) in [5, 5.41) is 0. The molecule has 154 valence electrons. The summed E-state index contributed by atoms with van der Waals surface area (Å²) in [5.41, 5.74) is 7.19. The van der Waals surface area contributed by atoms with Gasteiger partial charge in [0.25, 0.3) is 0 Å². The van der Waals surface area contributed by atoms with E-state index >= 15 is 0 Å². The van der Waals surface area contributed by atoms with Crippen molar-refractivity contribution in [3.8, 4) is 33.5 Å². The minimum absolute atomic E-state index is 0.345. The second-order valence-electron chi connectivity index (χ2n) is 9.20. The van der Waals surface area contributed by atoms with E-state index in [9.17, 15) is 0 Å². The lowest BCUT2D eigenvalue weighted by molar-refractivity contribution is 0.411. The standard InChI is InChI=1S/C30H29N/c1-20-14-15-25(26-16-22-12-8-9-13-24(22)29(20)26)28-17-23(18-30(2,3)4)27(19-31-28)21-10-6-5-7-11-21/h5-15,17,19H,16,18H2,1-4H3/i1D3,18D2. The summed E-state index contributed by atoms with van der Waals surface area (Å²) in [6, 6.07) is 23.1. The minimum atomic E-state index is -2.24. The van der Waals surface area contributed by atoms with Crippen LogP contribution in [0.25, 0.3) is 33.5 Å². The number of fused-ring (bicyclic) bond motifs is 3. The fourth-order valence-electron chi connectivity index (χ4n) is 4.45. The van der Waals surface area contributed by atoms with Gasteiger partial charge in [-0.2, -0.15) is 0 Å². The van der Waals surface area contributed by atoms with Gasteiger partial charge in [0.15, 0.2) is 0 Å². The van der Waals surface area contributed by atoms with Crippen molar-refractivity contribution in [1.29, 1.82) is 0 Å². The molecule has 5 rings (SSSR count). The lowest BCUT2D eigenvalue weighted by Crippen LogP contribution is -2.10. The Bertz CT molecular complexity index is 1450. The Labute approximate surface area is 192 Å². The van der Waals surface area contributed by atoms with Crippen LogP contribution in [0.2, 0.25) is 0 Å². The molecule has 0 saturated heterocycles. The molecule has 0 saturated carbocycles. The van der Waals surface area contributed by atoms with Crippen molar-refractivity contribution in [2.45, 2.75) is 40.4 Å². The number of aryl methyl sites for hydroxylation is 1. The van der Waals surface area contributed by atoms with E-state index in [1.807, 2.05) is 87.5 Å². The molecule has 1 aromatic heterocycles. The molecule has 0 fully saturated rings. The number of hydrogen-bond acceptors (Lipinski definition) is 1. The highest BCUT2D eigenvalue weighted by atomic mass is 14.7. The maximum absolute atomic E-state index is 9.11.